The molecule has 0 amide bonds. The third-order valence-corrected chi connectivity index (χ3v) is 4.35. The number of benzene rings is 1. The first-order valence-corrected chi connectivity index (χ1v) is 6.81. The number of thioether (sulfide) groups is 1. The van der Waals surface area contributed by atoms with Gasteiger partial charge < -0.3 is 0 Å². The monoisotopic (exact) mass is 256 g/mol. The predicted octanol–water partition coefficient (Wildman–Crippen LogP) is 3.82. The Balaban J connectivity index is 1.96. The first kappa shape index (κ1) is 12.6. The number of halogens is 2. The maximum absolute atomic E-state index is 13.3. The fourth-order valence-electron chi connectivity index (χ4n) is 2.04. The molecule has 0 bridgehead atoms. The van der Waals surface area contributed by atoms with Gasteiger partial charge in [0.2, 0.25) is 0 Å². The van der Waals surface area contributed by atoms with Crippen molar-refractivity contribution in [1.82, 2.24) is 0 Å². The van der Waals surface area contributed by atoms with E-state index in [1.807, 2.05) is 0 Å². The third kappa shape index (κ3) is 3.28. The number of carbonyl (C=O) groups is 1. The molecule has 1 saturated carbocycles. The molecule has 17 heavy (non-hydrogen) atoms. The maximum Gasteiger partial charge on any atom is 0.175 e. The summed E-state index contributed by atoms with van der Waals surface area (Å²) in [6, 6.07) is 3.01. The van der Waals surface area contributed by atoms with E-state index in [9.17, 15) is 13.6 Å². The molecule has 1 aromatic carbocycles. The second-order valence-corrected chi connectivity index (χ2v) is 5.55. The van der Waals surface area contributed by atoms with E-state index in [0.29, 0.717) is 5.25 Å². The van der Waals surface area contributed by atoms with Gasteiger partial charge in [-0.15, -0.1) is 0 Å². The van der Waals surface area contributed by atoms with Crippen LogP contribution in [0.5, 0.6) is 0 Å². The number of rotatable bonds is 4. The van der Waals surface area contributed by atoms with E-state index >= 15 is 0 Å². The SMILES string of the molecule is O=C(CSC1CCCC1)c1cc(F)ccc1F. The fraction of sp³-hybridized carbons (Fsp3) is 0.462. The van der Waals surface area contributed by atoms with Gasteiger partial charge in [0.25, 0.3) is 0 Å². The molecular formula is C13H14F2OS. The molecule has 1 aliphatic carbocycles. The summed E-state index contributed by atoms with van der Waals surface area (Å²) in [5, 5.41) is 0.510. The highest BCUT2D eigenvalue weighted by atomic mass is 32.2. The zero-order valence-corrected chi connectivity index (χ0v) is 10.2. The molecule has 0 saturated heterocycles. The van der Waals surface area contributed by atoms with Gasteiger partial charge in [0.1, 0.15) is 11.6 Å². The van der Waals surface area contributed by atoms with Gasteiger partial charge in [-0.1, -0.05) is 12.8 Å². The summed E-state index contributed by atoms with van der Waals surface area (Å²) in [6.45, 7) is 0. The Morgan fingerprint density at radius 1 is 1.29 bits per heavy atom. The molecule has 0 unspecified atom stereocenters. The van der Waals surface area contributed by atoms with E-state index in [0.717, 1.165) is 31.0 Å². The normalized spacial score (nSPS) is 16.4. The number of ketones is 1. The molecule has 0 heterocycles. The minimum Gasteiger partial charge on any atom is -0.293 e. The van der Waals surface area contributed by atoms with Crippen molar-refractivity contribution in [2.24, 2.45) is 0 Å². The van der Waals surface area contributed by atoms with Gasteiger partial charge in [0, 0.05) is 5.25 Å². The van der Waals surface area contributed by atoms with Gasteiger partial charge in [-0.2, -0.15) is 11.8 Å². The van der Waals surface area contributed by atoms with Crippen molar-refractivity contribution in [3.8, 4) is 0 Å². The minimum absolute atomic E-state index is 0.129. The summed E-state index contributed by atoms with van der Waals surface area (Å²) in [5.41, 5.74) is -0.129. The van der Waals surface area contributed by atoms with Gasteiger partial charge in [-0.25, -0.2) is 8.78 Å². The second kappa shape index (κ2) is 5.63. The van der Waals surface area contributed by atoms with Crippen LogP contribution in [0, 0.1) is 11.6 Å². The summed E-state index contributed by atoms with van der Waals surface area (Å²) < 4.78 is 26.2. The van der Waals surface area contributed by atoms with Crippen LogP contribution in [0.25, 0.3) is 0 Å². The Morgan fingerprint density at radius 3 is 2.71 bits per heavy atom. The largest absolute Gasteiger partial charge is 0.293 e. The van der Waals surface area contributed by atoms with Crippen molar-refractivity contribution in [3.63, 3.8) is 0 Å². The molecule has 0 radical (unpaired) electrons. The van der Waals surface area contributed by atoms with Crippen LogP contribution in [0.15, 0.2) is 18.2 Å². The van der Waals surface area contributed by atoms with Crippen LogP contribution >= 0.6 is 11.8 Å². The van der Waals surface area contributed by atoms with Gasteiger partial charge in [0.05, 0.1) is 11.3 Å². The average molecular weight is 256 g/mol. The van der Waals surface area contributed by atoms with Crippen LogP contribution in [0.4, 0.5) is 8.78 Å². The van der Waals surface area contributed by atoms with Crippen LogP contribution in [0.3, 0.4) is 0 Å². The predicted molar refractivity (Wildman–Crippen MR) is 65.4 cm³/mol. The number of hydrogen-bond acceptors (Lipinski definition) is 2. The molecule has 0 aliphatic heterocycles. The summed E-state index contributed by atoms with van der Waals surface area (Å²) in [7, 11) is 0. The lowest BCUT2D eigenvalue weighted by atomic mass is 10.1. The van der Waals surface area contributed by atoms with E-state index in [1.165, 1.54) is 12.8 Å². The smallest absolute Gasteiger partial charge is 0.175 e. The van der Waals surface area contributed by atoms with E-state index in [4.69, 9.17) is 0 Å². The molecule has 1 fully saturated rings. The van der Waals surface area contributed by atoms with Crippen molar-refractivity contribution in [3.05, 3.63) is 35.4 Å². The lowest BCUT2D eigenvalue weighted by Gasteiger charge is -2.08. The average Bonchev–Trinajstić information content (AvgIpc) is 2.82. The molecule has 0 atom stereocenters. The molecule has 1 aromatic rings. The second-order valence-electron chi connectivity index (χ2n) is 4.26. The highest BCUT2D eigenvalue weighted by molar-refractivity contribution is 8.00. The van der Waals surface area contributed by atoms with E-state index in [1.54, 1.807) is 11.8 Å². The Labute approximate surface area is 104 Å². The van der Waals surface area contributed by atoms with Crippen molar-refractivity contribution in [2.75, 3.05) is 5.75 Å². The van der Waals surface area contributed by atoms with Crippen molar-refractivity contribution >= 4 is 17.5 Å². The molecule has 0 spiro atoms. The number of carbonyl (C=O) groups excluding carboxylic acids is 1. The summed E-state index contributed by atoms with van der Waals surface area (Å²) in [6.07, 6.45) is 4.67. The molecule has 0 aromatic heterocycles. The molecule has 2 rings (SSSR count). The number of hydrogen-bond donors (Lipinski definition) is 0. The Bertz CT molecular complexity index is 414. The van der Waals surface area contributed by atoms with Crippen molar-refractivity contribution < 1.29 is 13.6 Å². The van der Waals surface area contributed by atoms with Gasteiger partial charge in [-0.3, -0.25) is 4.79 Å². The molecule has 1 aliphatic rings. The maximum atomic E-state index is 13.3. The van der Waals surface area contributed by atoms with E-state index in [2.05, 4.69) is 0 Å². The number of Topliss-reactive ketones (excluding diaryl/α,β-unsaturated/α-hetero) is 1. The molecule has 4 heteroatoms. The van der Waals surface area contributed by atoms with Crippen molar-refractivity contribution in [2.45, 2.75) is 30.9 Å². The zero-order valence-electron chi connectivity index (χ0n) is 9.42. The topological polar surface area (TPSA) is 17.1 Å². The lowest BCUT2D eigenvalue weighted by molar-refractivity contribution is 0.101. The van der Waals surface area contributed by atoms with Crippen LogP contribution in [-0.2, 0) is 0 Å². The van der Waals surface area contributed by atoms with E-state index in [-0.39, 0.29) is 17.1 Å². The first-order chi connectivity index (χ1) is 8.16. The van der Waals surface area contributed by atoms with Crippen LogP contribution in [-0.4, -0.2) is 16.8 Å². The highest BCUT2D eigenvalue weighted by Gasteiger charge is 2.19. The quantitative estimate of drug-likeness (QED) is 0.762. The fourth-order valence-corrected chi connectivity index (χ4v) is 3.25. The van der Waals surface area contributed by atoms with E-state index < -0.39 is 11.6 Å². The molecular weight excluding hydrogens is 242 g/mol. The highest BCUT2D eigenvalue weighted by Crippen LogP contribution is 2.29. The Hall–Kier alpha value is -0.900. The van der Waals surface area contributed by atoms with Gasteiger partial charge in [0.15, 0.2) is 5.78 Å². The molecule has 1 nitrogen and oxygen atoms in total. The summed E-state index contributed by atoms with van der Waals surface area (Å²) in [5.74, 6) is -1.28. The molecule has 92 valence electrons. The zero-order chi connectivity index (χ0) is 12.3. The summed E-state index contributed by atoms with van der Waals surface area (Å²) in [4.78, 5) is 11.7. The van der Waals surface area contributed by atoms with Gasteiger partial charge >= 0.3 is 0 Å². The standard InChI is InChI=1S/C13H14F2OS/c14-9-5-6-12(15)11(7-9)13(16)8-17-10-3-1-2-4-10/h5-7,10H,1-4,8H2. The third-order valence-electron chi connectivity index (χ3n) is 2.98. The van der Waals surface area contributed by atoms with Crippen LogP contribution < -0.4 is 0 Å². The Kier molecular flexibility index (Phi) is 4.15. The minimum atomic E-state index is -0.636. The van der Waals surface area contributed by atoms with Crippen LogP contribution in [0.2, 0.25) is 0 Å². The lowest BCUT2D eigenvalue weighted by Crippen LogP contribution is -2.09. The van der Waals surface area contributed by atoms with Gasteiger partial charge in [-0.05, 0) is 31.0 Å². The summed E-state index contributed by atoms with van der Waals surface area (Å²) >= 11 is 1.56. The van der Waals surface area contributed by atoms with Crippen molar-refractivity contribution in [1.29, 1.82) is 0 Å². The first-order valence-electron chi connectivity index (χ1n) is 5.76. The molecule has 0 N–H and O–H groups in total. The van der Waals surface area contributed by atoms with Crippen LogP contribution in [0.1, 0.15) is 36.0 Å². The Morgan fingerprint density at radius 2 is 2.00 bits per heavy atom.